The predicted molar refractivity (Wildman–Crippen MR) is 74.9 cm³/mol. The van der Waals surface area contributed by atoms with Gasteiger partial charge in [-0.3, -0.25) is 0 Å². The molecule has 0 aliphatic carbocycles. The van der Waals surface area contributed by atoms with E-state index >= 15 is 0 Å². The molecule has 0 spiro atoms. The molecule has 0 radical (unpaired) electrons. The van der Waals surface area contributed by atoms with Gasteiger partial charge in [-0.15, -0.1) is 0 Å². The van der Waals surface area contributed by atoms with Crippen molar-refractivity contribution in [1.29, 1.82) is 0 Å². The van der Waals surface area contributed by atoms with Gasteiger partial charge in [0.15, 0.2) is 0 Å². The topological polar surface area (TPSA) is 39.2 Å². The highest BCUT2D eigenvalue weighted by Gasteiger charge is 2.13. The molecule has 1 aromatic heterocycles. The highest BCUT2D eigenvalue weighted by Crippen LogP contribution is 2.26. The normalized spacial score (nSPS) is 10.3. The van der Waals surface area contributed by atoms with E-state index in [-0.39, 0.29) is 0 Å². The number of nitrogens with zero attached hydrogens (tertiary/aromatic N) is 1. The Bertz CT molecular complexity index is 621. The molecule has 0 N–H and O–H groups in total. The monoisotopic (exact) mass is 275 g/mol. The minimum atomic E-state index is -0.430. The number of esters is 1. The van der Waals surface area contributed by atoms with Gasteiger partial charge in [-0.2, -0.15) is 0 Å². The number of halogens is 1. The van der Waals surface area contributed by atoms with Crippen molar-refractivity contribution in [3.63, 3.8) is 0 Å². The molecule has 19 heavy (non-hydrogen) atoms. The summed E-state index contributed by atoms with van der Waals surface area (Å²) < 4.78 is 5.46. The number of carbonyl (C=O) groups excluding carboxylic acids is 1. The fourth-order valence-corrected chi connectivity index (χ4v) is 1.84. The summed E-state index contributed by atoms with van der Waals surface area (Å²) in [5.41, 5.74) is 3.36. The summed E-state index contributed by atoms with van der Waals surface area (Å²) in [7, 11) is 0. The van der Waals surface area contributed by atoms with Crippen molar-refractivity contribution in [3.05, 3.63) is 57.9 Å². The van der Waals surface area contributed by atoms with Crippen LogP contribution < -0.4 is 4.74 Å². The molecular weight excluding hydrogens is 262 g/mol. The molecule has 4 heteroatoms. The number of pyridine rings is 1. The van der Waals surface area contributed by atoms with E-state index in [1.54, 1.807) is 12.1 Å². The maximum Gasteiger partial charge on any atom is 0.345 e. The van der Waals surface area contributed by atoms with Gasteiger partial charge < -0.3 is 4.74 Å². The number of ether oxygens (including phenoxy) is 1. The first-order chi connectivity index (χ1) is 8.99. The van der Waals surface area contributed by atoms with Gasteiger partial charge in [-0.1, -0.05) is 23.7 Å². The number of aromatic nitrogens is 1. The van der Waals surface area contributed by atoms with Crippen LogP contribution in [0.3, 0.4) is 0 Å². The van der Waals surface area contributed by atoms with E-state index < -0.39 is 5.97 Å². The van der Waals surface area contributed by atoms with Crippen LogP contribution in [0.15, 0.2) is 30.5 Å². The van der Waals surface area contributed by atoms with E-state index in [1.807, 2.05) is 32.9 Å². The Labute approximate surface area is 117 Å². The highest BCUT2D eigenvalue weighted by atomic mass is 35.5. The molecule has 0 atom stereocenters. The smallest absolute Gasteiger partial charge is 0.345 e. The van der Waals surface area contributed by atoms with Gasteiger partial charge in [0, 0.05) is 6.20 Å². The first-order valence-electron chi connectivity index (χ1n) is 5.89. The Morgan fingerprint density at radius 1 is 1.11 bits per heavy atom. The number of hydrogen-bond donors (Lipinski definition) is 0. The minimum Gasteiger partial charge on any atom is -0.422 e. The van der Waals surface area contributed by atoms with Crippen molar-refractivity contribution in [1.82, 2.24) is 4.98 Å². The predicted octanol–water partition coefficient (Wildman–Crippen LogP) is 3.88. The lowest BCUT2D eigenvalue weighted by Gasteiger charge is -2.12. The standard InChI is InChI=1S/C15H14ClNO2/c1-9-4-5-10(2)14(11(9)3)19-15(18)12-6-7-13(16)17-8-12/h4-8H,1-3H3. The maximum atomic E-state index is 12.0. The van der Waals surface area contributed by atoms with Gasteiger partial charge in [0.05, 0.1) is 5.56 Å². The molecule has 0 aliphatic heterocycles. The summed E-state index contributed by atoms with van der Waals surface area (Å²) in [6.07, 6.45) is 1.41. The molecule has 0 fully saturated rings. The van der Waals surface area contributed by atoms with E-state index in [0.717, 1.165) is 16.7 Å². The van der Waals surface area contributed by atoms with Crippen LogP contribution >= 0.6 is 11.6 Å². The van der Waals surface area contributed by atoms with Crippen LogP contribution in [0, 0.1) is 20.8 Å². The summed E-state index contributed by atoms with van der Waals surface area (Å²) in [6.45, 7) is 5.83. The Balaban J connectivity index is 2.29. The van der Waals surface area contributed by atoms with Crippen molar-refractivity contribution in [2.75, 3.05) is 0 Å². The molecule has 1 aromatic carbocycles. The minimum absolute atomic E-state index is 0.347. The molecular formula is C15H14ClNO2. The second-order valence-corrected chi connectivity index (χ2v) is 4.80. The van der Waals surface area contributed by atoms with Gasteiger partial charge in [-0.25, -0.2) is 9.78 Å². The van der Waals surface area contributed by atoms with E-state index in [2.05, 4.69) is 4.98 Å². The van der Waals surface area contributed by atoms with Crippen molar-refractivity contribution >= 4 is 17.6 Å². The first kappa shape index (κ1) is 13.6. The van der Waals surface area contributed by atoms with E-state index in [1.165, 1.54) is 6.20 Å². The van der Waals surface area contributed by atoms with Crippen LogP contribution in [-0.4, -0.2) is 11.0 Å². The molecule has 3 nitrogen and oxygen atoms in total. The number of rotatable bonds is 2. The average molecular weight is 276 g/mol. The third kappa shape index (κ3) is 2.93. The molecule has 0 unspecified atom stereocenters. The summed E-state index contributed by atoms with van der Waals surface area (Å²) in [5, 5.41) is 0.347. The number of benzene rings is 1. The van der Waals surface area contributed by atoms with Crippen LogP contribution in [0.4, 0.5) is 0 Å². The maximum absolute atomic E-state index is 12.0. The van der Waals surface area contributed by atoms with Crippen molar-refractivity contribution in [2.24, 2.45) is 0 Å². The third-order valence-electron chi connectivity index (χ3n) is 3.03. The van der Waals surface area contributed by atoms with E-state index in [9.17, 15) is 4.79 Å². The van der Waals surface area contributed by atoms with Crippen molar-refractivity contribution in [2.45, 2.75) is 20.8 Å². The van der Waals surface area contributed by atoms with Crippen LogP contribution in [0.5, 0.6) is 5.75 Å². The van der Waals surface area contributed by atoms with Crippen molar-refractivity contribution < 1.29 is 9.53 Å². The largest absolute Gasteiger partial charge is 0.422 e. The summed E-state index contributed by atoms with van der Waals surface area (Å²) in [5.74, 6) is 0.181. The lowest BCUT2D eigenvalue weighted by atomic mass is 10.1. The van der Waals surface area contributed by atoms with Gasteiger partial charge in [-0.05, 0) is 49.6 Å². The third-order valence-corrected chi connectivity index (χ3v) is 3.26. The van der Waals surface area contributed by atoms with Gasteiger partial charge >= 0.3 is 5.97 Å². The lowest BCUT2D eigenvalue weighted by Crippen LogP contribution is -2.11. The molecule has 2 rings (SSSR count). The van der Waals surface area contributed by atoms with E-state index in [4.69, 9.17) is 16.3 Å². The zero-order chi connectivity index (χ0) is 14.0. The van der Waals surface area contributed by atoms with Crippen LogP contribution in [-0.2, 0) is 0 Å². The Kier molecular flexibility index (Phi) is 3.86. The fourth-order valence-electron chi connectivity index (χ4n) is 1.73. The molecule has 0 amide bonds. The lowest BCUT2D eigenvalue weighted by molar-refractivity contribution is 0.0732. The van der Waals surface area contributed by atoms with Gasteiger partial charge in [0.25, 0.3) is 0 Å². The van der Waals surface area contributed by atoms with Crippen LogP contribution in [0.1, 0.15) is 27.0 Å². The number of carbonyl (C=O) groups is 1. The molecule has 2 aromatic rings. The molecule has 0 saturated carbocycles. The molecule has 0 bridgehead atoms. The summed E-state index contributed by atoms with van der Waals surface area (Å²) in [6, 6.07) is 7.10. The Morgan fingerprint density at radius 2 is 1.79 bits per heavy atom. The molecule has 98 valence electrons. The Morgan fingerprint density at radius 3 is 2.42 bits per heavy atom. The summed E-state index contributed by atoms with van der Waals surface area (Å²) in [4.78, 5) is 15.9. The second-order valence-electron chi connectivity index (χ2n) is 4.41. The van der Waals surface area contributed by atoms with Crippen molar-refractivity contribution in [3.8, 4) is 5.75 Å². The SMILES string of the molecule is Cc1ccc(C)c(OC(=O)c2ccc(Cl)nc2)c1C. The average Bonchev–Trinajstić information content (AvgIpc) is 2.40. The van der Waals surface area contributed by atoms with Gasteiger partial charge in [0.1, 0.15) is 10.9 Å². The molecule has 1 heterocycles. The Hall–Kier alpha value is -1.87. The molecule has 0 aliphatic rings. The number of aryl methyl sites for hydroxylation is 2. The number of hydrogen-bond acceptors (Lipinski definition) is 3. The second kappa shape index (κ2) is 5.41. The summed E-state index contributed by atoms with van der Waals surface area (Å²) >= 11 is 5.68. The first-order valence-corrected chi connectivity index (χ1v) is 6.27. The molecule has 0 saturated heterocycles. The zero-order valence-electron chi connectivity index (χ0n) is 11.0. The highest BCUT2D eigenvalue weighted by molar-refractivity contribution is 6.29. The zero-order valence-corrected chi connectivity index (χ0v) is 11.8. The van der Waals surface area contributed by atoms with Crippen LogP contribution in [0.2, 0.25) is 5.15 Å². The fraction of sp³-hybridized carbons (Fsp3) is 0.200. The quantitative estimate of drug-likeness (QED) is 0.474. The van der Waals surface area contributed by atoms with E-state index in [0.29, 0.717) is 16.5 Å². The van der Waals surface area contributed by atoms with Crippen LogP contribution in [0.25, 0.3) is 0 Å². The van der Waals surface area contributed by atoms with Gasteiger partial charge in [0.2, 0.25) is 0 Å².